The van der Waals surface area contributed by atoms with Crippen LogP contribution in [0.4, 0.5) is 5.13 Å². The molecular formula is C20H25N3O2S3. The van der Waals surface area contributed by atoms with Gasteiger partial charge in [-0.3, -0.25) is 9.59 Å². The molecule has 2 N–H and O–H groups in total. The lowest BCUT2D eigenvalue weighted by atomic mass is 10.1. The first kappa shape index (κ1) is 21.2. The second kappa shape index (κ2) is 10.9. The third-order valence-corrected chi connectivity index (χ3v) is 8.21. The molecule has 0 bridgehead atoms. The number of hydrogen-bond acceptors (Lipinski definition) is 6. The number of unbranched alkanes of at least 4 members (excludes halogenated alkanes) is 1. The summed E-state index contributed by atoms with van der Waals surface area (Å²) in [4.78, 5) is 27.6. The number of aromatic nitrogens is 1. The number of carbonyl (C=O) groups is 2. The van der Waals surface area contributed by atoms with Gasteiger partial charge in [0.1, 0.15) is 0 Å². The van der Waals surface area contributed by atoms with Crippen LogP contribution < -0.4 is 10.6 Å². The minimum absolute atomic E-state index is 0.0413. The summed E-state index contributed by atoms with van der Waals surface area (Å²) in [6.07, 6.45) is 5.11. The molecular weight excluding hydrogens is 410 g/mol. The van der Waals surface area contributed by atoms with Crippen LogP contribution in [0.5, 0.6) is 0 Å². The van der Waals surface area contributed by atoms with Crippen molar-refractivity contribution in [2.75, 3.05) is 11.1 Å². The van der Waals surface area contributed by atoms with Crippen LogP contribution >= 0.6 is 32.9 Å². The average Bonchev–Trinajstić information content (AvgIpc) is 3.36. The second-order valence-electron chi connectivity index (χ2n) is 6.77. The molecule has 1 atom stereocenters. The van der Waals surface area contributed by atoms with Gasteiger partial charge < -0.3 is 10.6 Å². The van der Waals surface area contributed by atoms with E-state index >= 15 is 0 Å². The molecule has 1 aromatic carbocycles. The highest BCUT2D eigenvalue weighted by molar-refractivity contribution is 8.77. The molecule has 1 saturated heterocycles. The highest BCUT2D eigenvalue weighted by atomic mass is 33.1. The van der Waals surface area contributed by atoms with Gasteiger partial charge in [-0.2, -0.15) is 0 Å². The highest BCUT2D eigenvalue weighted by Crippen LogP contribution is 2.39. The minimum atomic E-state index is -0.0413. The van der Waals surface area contributed by atoms with Gasteiger partial charge in [-0.1, -0.05) is 52.3 Å². The van der Waals surface area contributed by atoms with E-state index in [1.807, 2.05) is 51.2 Å². The Kier molecular flexibility index (Phi) is 8.24. The monoisotopic (exact) mass is 435 g/mol. The van der Waals surface area contributed by atoms with E-state index in [4.69, 9.17) is 0 Å². The van der Waals surface area contributed by atoms with Gasteiger partial charge in [0, 0.05) is 41.8 Å². The van der Waals surface area contributed by atoms with Crippen molar-refractivity contribution in [1.82, 2.24) is 10.3 Å². The number of benzene rings is 1. The van der Waals surface area contributed by atoms with Crippen LogP contribution in [0.25, 0.3) is 11.3 Å². The predicted octanol–water partition coefficient (Wildman–Crippen LogP) is 5.10. The zero-order valence-electron chi connectivity index (χ0n) is 15.9. The van der Waals surface area contributed by atoms with Crippen LogP contribution in [-0.2, 0) is 16.1 Å². The Hall–Kier alpha value is -1.51. The number of anilines is 1. The van der Waals surface area contributed by atoms with Crippen molar-refractivity contribution in [3.05, 3.63) is 35.2 Å². The Balaban J connectivity index is 1.42. The molecule has 1 aliphatic rings. The lowest BCUT2D eigenvalue weighted by Gasteiger charge is -2.06. The zero-order chi connectivity index (χ0) is 19.8. The molecule has 0 spiro atoms. The third kappa shape index (κ3) is 6.83. The molecule has 150 valence electrons. The summed E-state index contributed by atoms with van der Waals surface area (Å²) in [6.45, 7) is 2.03. The van der Waals surface area contributed by atoms with E-state index in [9.17, 15) is 9.59 Å². The first-order valence-corrected chi connectivity index (χ1v) is 12.7. The van der Waals surface area contributed by atoms with E-state index in [2.05, 4.69) is 15.6 Å². The van der Waals surface area contributed by atoms with Crippen LogP contribution in [-0.4, -0.2) is 27.8 Å². The highest BCUT2D eigenvalue weighted by Gasteiger charge is 2.16. The van der Waals surface area contributed by atoms with Crippen molar-refractivity contribution in [2.24, 2.45) is 0 Å². The summed E-state index contributed by atoms with van der Waals surface area (Å²) < 4.78 is 0. The first-order valence-electron chi connectivity index (χ1n) is 9.47. The van der Waals surface area contributed by atoms with Crippen LogP contribution in [0.1, 0.15) is 44.6 Å². The van der Waals surface area contributed by atoms with Crippen LogP contribution in [0.3, 0.4) is 0 Å². The third-order valence-electron chi connectivity index (χ3n) is 4.45. The smallest absolute Gasteiger partial charge is 0.226 e. The maximum Gasteiger partial charge on any atom is 0.226 e. The van der Waals surface area contributed by atoms with Gasteiger partial charge in [-0.15, -0.1) is 11.3 Å². The largest absolute Gasteiger partial charge is 0.352 e. The van der Waals surface area contributed by atoms with Gasteiger partial charge in [-0.25, -0.2) is 4.98 Å². The Morgan fingerprint density at radius 3 is 2.75 bits per heavy atom. The van der Waals surface area contributed by atoms with Gasteiger partial charge >= 0.3 is 0 Å². The van der Waals surface area contributed by atoms with E-state index in [1.165, 1.54) is 36.9 Å². The summed E-state index contributed by atoms with van der Waals surface area (Å²) in [7, 11) is 3.97. The molecule has 0 radical (unpaired) electrons. The first-order chi connectivity index (χ1) is 13.6. The fraction of sp³-hybridized carbons (Fsp3) is 0.450. The van der Waals surface area contributed by atoms with Crippen LogP contribution in [0.15, 0.2) is 29.6 Å². The van der Waals surface area contributed by atoms with Crippen molar-refractivity contribution in [1.29, 1.82) is 0 Å². The molecule has 0 saturated carbocycles. The molecule has 3 rings (SSSR count). The maximum atomic E-state index is 12.1. The Morgan fingerprint density at radius 2 is 2.04 bits per heavy atom. The number of rotatable bonds is 9. The molecule has 1 aromatic heterocycles. The fourth-order valence-corrected chi connectivity index (χ4v) is 6.65. The number of carbonyl (C=O) groups excluding carboxylic acids is 2. The molecule has 1 fully saturated rings. The molecule has 1 aliphatic heterocycles. The van der Waals surface area contributed by atoms with E-state index in [0.717, 1.165) is 34.9 Å². The van der Waals surface area contributed by atoms with Gasteiger partial charge in [0.15, 0.2) is 5.13 Å². The normalized spacial score (nSPS) is 16.1. The number of nitrogens with one attached hydrogen (secondary N) is 2. The van der Waals surface area contributed by atoms with Gasteiger partial charge in [0.25, 0.3) is 0 Å². The van der Waals surface area contributed by atoms with Crippen molar-refractivity contribution < 1.29 is 9.59 Å². The van der Waals surface area contributed by atoms with Gasteiger partial charge in [0.2, 0.25) is 11.8 Å². The summed E-state index contributed by atoms with van der Waals surface area (Å²) in [5, 5.41) is 9.07. The zero-order valence-corrected chi connectivity index (χ0v) is 18.4. The Morgan fingerprint density at radius 1 is 1.21 bits per heavy atom. The number of nitrogens with zero attached hydrogens (tertiary/aromatic N) is 1. The number of amides is 2. The van der Waals surface area contributed by atoms with Gasteiger partial charge in [0.05, 0.1) is 5.69 Å². The number of hydrogen-bond donors (Lipinski definition) is 2. The summed E-state index contributed by atoms with van der Waals surface area (Å²) in [5.41, 5.74) is 2.88. The summed E-state index contributed by atoms with van der Waals surface area (Å²) in [6, 6.07) is 7.92. The summed E-state index contributed by atoms with van der Waals surface area (Å²) in [5.74, 6) is 1.26. The Labute approximate surface area is 177 Å². The van der Waals surface area contributed by atoms with Gasteiger partial charge in [-0.05, 0) is 24.8 Å². The van der Waals surface area contributed by atoms with E-state index in [1.54, 1.807) is 0 Å². The van der Waals surface area contributed by atoms with Crippen molar-refractivity contribution in [3.8, 4) is 11.3 Å². The minimum Gasteiger partial charge on any atom is -0.352 e. The lowest BCUT2D eigenvalue weighted by molar-refractivity contribution is -0.119. The molecule has 5 nitrogen and oxygen atoms in total. The van der Waals surface area contributed by atoms with Crippen molar-refractivity contribution in [2.45, 2.75) is 50.8 Å². The van der Waals surface area contributed by atoms with Crippen molar-refractivity contribution >= 4 is 49.9 Å². The maximum absolute atomic E-state index is 12.1. The fourth-order valence-electron chi connectivity index (χ4n) is 2.89. The molecule has 28 heavy (non-hydrogen) atoms. The van der Waals surface area contributed by atoms with E-state index < -0.39 is 0 Å². The molecule has 2 amide bonds. The number of thiazole rings is 1. The SMILES string of the molecule is CC(=O)NCc1ccc(-c2csc(NC(=O)CCCCC3CCSS3)n2)cc1. The standard InChI is InChI=1S/C20H25N3O2S3/c1-14(24)21-12-15-6-8-16(9-7-15)18-13-26-20(22-18)23-19(25)5-3-2-4-17-10-11-27-28-17/h6-9,13,17H,2-5,10-12H2,1H3,(H,21,24)(H,22,23,25). The van der Waals surface area contributed by atoms with Crippen LogP contribution in [0.2, 0.25) is 0 Å². The quantitative estimate of drug-likeness (QED) is 0.424. The molecule has 1 unspecified atom stereocenters. The summed E-state index contributed by atoms with van der Waals surface area (Å²) >= 11 is 1.44. The lowest BCUT2D eigenvalue weighted by Crippen LogP contribution is -2.18. The second-order valence-corrected chi connectivity index (χ2v) is 10.4. The van der Waals surface area contributed by atoms with Crippen molar-refractivity contribution in [3.63, 3.8) is 0 Å². The topological polar surface area (TPSA) is 71.1 Å². The predicted molar refractivity (Wildman–Crippen MR) is 121 cm³/mol. The van der Waals surface area contributed by atoms with E-state index in [0.29, 0.717) is 18.1 Å². The van der Waals surface area contributed by atoms with Crippen LogP contribution in [0, 0.1) is 0 Å². The molecule has 0 aliphatic carbocycles. The molecule has 2 heterocycles. The van der Waals surface area contributed by atoms with E-state index in [-0.39, 0.29) is 11.8 Å². The molecule has 8 heteroatoms. The Bertz CT molecular complexity index is 786. The average molecular weight is 436 g/mol. The molecule has 2 aromatic rings.